The highest BCUT2D eigenvalue weighted by Gasteiger charge is 1.93. The van der Waals surface area contributed by atoms with Crippen LogP contribution in [0.15, 0.2) is 98.1 Å². The minimum absolute atomic E-state index is 0. The molecule has 0 bridgehead atoms. The van der Waals surface area contributed by atoms with Crippen molar-refractivity contribution in [2.45, 2.75) is 0 Å². The normalized spacial score (nSPS) is 8.29. The van der Waals surface area contributed by atoms with E-state index in [0.29, 0.717) is 0 Å². The van der Waals surface area contributed by atoms with Gasteiger partial charge >= 0.3 is 0 Å². The van der Waals surface area contributed by atoms with Crippen molar-refractivity contribution in [2.75, 3.05) is 0 Å². The largest absolute Gasteiger partial charge is 0.412 e. The van der Waals surface area contributed by atoms with Crippen LogP contribution in [0.5, 0.6) is 0 Å². The van der Waals surface area contributed by atoms with Crippen LogP contribution in [0.3, 0.4) is 0 Å². The lowest BCUT2D eigenvalue weighted by Gasteiger charge is -1.97. The van der Waals surface area contributed by atoms with E-state index in [1.54, 1.807) is 49.6 Å². The first-order valence-electron chi connectivity index (χ1n) is 7.54. The van der Waals surface area contributed by atoms with Crippen molar-refractivity contribution < 1.29 is 21.9 Å². The van der Waals surface area contributed by atoms with Crippen LogP contribution in [0.2, 0.25) is 0 Å². The van der Waals surface area contributed by atoms with Gasteiger partial charge in [0, 0.05) is 49.6 Å². The lowest BCUT2D eigenvalue weighted by atomic mass is 10.1. The van der Waals surface area contributed by atoms with Crippen LogP contribution in [0.4, 0.5) is 0 Å². The highest BCUT2D eigenvalue weighted by Crippen LogP contribution is 2.16. The molecule has 8 nitrogen and oxygen atoms in total. The molecular weight excluding hydrogens is 360 g/mol. The van der Waals surface area contributed by atoms with Gasteiger partial charge in [-0.15, -0.1) is 0 Å². The van der Waals surface area contributed by atoms with Gasteiger partial charge in [0.15, 0.2) is 0 Å². The maximum absolute atomic E-state index is 3.96. The standard InChI is InChI=1S/2C10H8N2.4H2O/c2*1-5-11-6-2-9(1)10-3-7-12-8-4-10;;;;/h2*1-8H;4*1H2. The molecule has 0 saturated heterocycles. The third kappa shape index (κ3) is 7.77. The highest BCUT2D eigenvalue weighted by molar-refractivity contribution is 5.62. The van der Waals surface area contributed by atoms with E-state index in [1.165, 1.54) is 22.3 Å². The fourth-order valence-electron chi connectivity index (χ4n) is 2.18. The van der Waals surface area contributed by atoms with Gasteiger partial charge in [0.1, 0.15) is 0 Å². The Labute approximate surface area is 162 Å². The fraction of sp³-hybridized carbons (Fsp3) is 0. The molecule has 0 atom stereocenters. The zero-order chi connectivity index (χ0) is 16.5. The van der Waals surface area contributed by atoms with Gasteiger partial charge in [0.05, 0.1) is 0 Å². The van der Waals surface area contributed by atoms with Crippen molar-refractivity contribution >= 4 is 0 Å². The summed E-state index contributed by atoms with van der Waals surface area (Å²) in [5.41, 5.74) is 4.69. The summed E-state index contributed by atoms with van der Waals surface area (Å²) in [6.45, 7) is 0. The van der Waals surface area contributed by atoms with Gasteiger partial charge in [-0.1, -0.05) is 0 Å². The maximum atomic E-state index is 3.96. The van der Waals surface area contributed by atoms with Gasteiger partial charge in [0.2, 0.25) is 0 Å². The van der Waals surface area contributed by atoms with Crippen LogP contribution >= 0.6 is 0 Å². The summed E-state index contributed by atoms with van der Waals surface area (Å²) in [4.78, 5) is 15.8. The molecule has 28 heavy (non-hydrogen) atoms. The second-order valence-corrected chi connectivity index (χ2v) is 4.94. The molecule has 4 heterocycles. The summed E-state index contributed by atoms with van der Waals surface area (Å²) in [5, 5.41) is 0. The smallest absolute Gasteiger partial charge is 0.0273 e. The van der Waals surface area contributed by atoms with Gasteiger partial charge in [-0.2, -0.15) is 0 Å². The van der Waals surface area contributed by atoms with Crippen molar-refractivity contribution in [1.82, 2.24) is 19.9 Å². The van der Waals surface area contributed by atoms with Crippen LogP contribution in [0.1, 0.15) is 0 Å². The average Bonchev–Trinajstić information content (AvgIpc) is 2.71. The van der Waals surface area contributed by atoms with Crippen molar-refractivity contribution in [1.29, 1.82) is 0 Å². The predicted molar refractivity (Wildman–Crippen MR) is 109 cm³/mol. The monoisotopic (exact) mass is 384 g/mol. The molecule has 0 spiro atoms. The highest BCUT2D eigenvalue weighted by atomic mass is 16.0. The molecule has 0 amide bonds. The molecule has 0 radical (unpaired) electrons. The van der Waals surface area contributed by atoms with Crippen molar-refractivity contribution in [3.8, 4) is 22.3 Å². The molecule has 0 aromatic carbocycles. The Morgan fingerprint density at radius 3 is 0.571 bits per heavy atom. The molecule has 4 aromatic rings. The summed E-state index contributed by atoms with van der Waals surface area (Å²) >= 11 is 0. The topological polar surface area (TPSA) is 178 Å². The predicted octanol–water partition coefficient (Wildman–Crippen LogP) is 0.988. The number of hydrogen-bond acceptors (Lipinski definition) is 4. The van der Waals surface area contributed by atoms with E-state index in [2.05, 4.69) is 19.9 Å². The number of aromatic nitrogens is 4. The quantitative estimate of drug-likeness (QED) is 0.500. The fourth-order valence-corrected chi connectivity index (χ4v) is 2.18. The number of rotatable bonds is 2. The molecule has 0 aliphatic rings. The summed E-state index contributed by atoms with van der Waals surface area (Å²) in [6, 6.07) is 15.9. The van der Waals surface area contributed by atoms with E-state index in [1.807, 2.05) is 48.5 Å². The molecule has 8 heteroatoms. The van der Waals surface area contributed by atoms with Crippen LogP contribution in [-0.2, 0) is 0 Å². The van der Waals surface area contributed by atoms with E-state index in [4.69, 9.17) is 0 Å². The Bertz CT molecular complexity index is 702. The second kappa shape index (κ2) is 14.6. The second-order valence-electron chi connectivity index (χ2n) is 4.94. The van der Waals surface area contributed by atoms with Crippen LogP contribution < -0.4 is 0 Å². The lowest BCUT2D eigenvalue weighted by molar-refractivity contribution is 0.823. The molecule has 4 rings (SSSR count). The Hall–Kier alpha value is -3.56. The van der Waals surface area contributed by atoms with E-state index in [-0.39, 0.29) is 21.9 Å². The molecule has 4 aromatic heterocycles. The first kappa shape index (κ1) is 26.7. The molecule has 0 aliphatic carbocycles. The first-order valence-corrected chi connectivity index (χ1v) is 7.54. The minimum Gasteiger partial charge on any atom is -0.412 e. The Kier molecular flexibility index (Phi) is 13.9. The molecule has 0 fully saturated rings. The van der Waals surface area contributed by atoms with Crippen molar-refractivity contribution in [2.24, 2.45) is 0 Å². The van der Waals surface area contributed by atoms with E-state index >= 15 is 0 Å². The Morgan fingerprint density at radius 2 is 0.429 bits per heavy atom. The average molecular weight is 384 g/mol. The molecular formula is C20H24N4O4. The van der Waals surface area contributed by atoms with Gasteiger partial charge in [-0.3, -0.25) is 19.9 Å². The molecule has 0 unspecified atom stereocenters. The van der Waals surface area contributed by atoms with Gasteiger partial charge < -0.3 is 21.9 Å². The Morgan fingerprint density at radius 1 is 0.286 bits per heavy atom. The molecule has 0 saturated carbocycles. The first-order chi connectivity index (χ1) is 11.9. The summed E-state index contributed by atoms with van der Waals surface area (Å²) in [7, 11) is 0. The summed E-state index contributed by atoms with van der Waals surface area (Å²) in [5.74, 6) is 0. The third-order valence-electron chi connectivity index (χ3n) is 3.39. The molecule has 148 valence electrons. The maximum Gasteiger partial charge on any atom is 0.0273 e. The van der Waals surface area contributed by atoms with Gasteiger partial charge in [-0.25, -0.2) is 0 Å². The third-order valence-corrected chi connectivity index (χ3v) is 3.39. The van der Waals surface area contributed by atoms with Crippen LogP contribution in [-0.4, -0.2) is 41.8 Å². The zero-order valence-corrected chi connectivity index (χ0v) is 15.0. The van der Waals surface area contributed by atoms with Gasteiger partial charge in [-0.05, 0) is 70.8 Å². The minimum atomic E-state index is 0. The lowest BCUT2D eigenvalue weighted by Crippen LogP contribution is -1.77. The zero-order valence-electron chi connectivity index (χ0n) is 15.0. The van der Waals surface area contributed by atoms with Crippen molar-refractivity contribution in [3.05, 3.63) is 98.1 Å². The van der Waals surface area contributed by atoms with Crippen LogP contribution in [0, 0.1) is 0 Å². The van der Waals surface area contributed by atoms with Gasteiger partial charge in [0.25, 0.3) is 0 Å². The van der Waals surface area contributed by atoms with Crippen molar-refractivity contribution in [3.63, 3.8) is 0 Å². The van der Waals surface area contributed by atoms with E-state index < -0.39 is 0 Å². The number of pyridine rings is 4. The molecule has 8 N–H and O–H groups in total. The summed E-state index contributed by atoms with van der Waals surface area (Å²) in [6.07, 6.45) is 14.3. The SMILES string of the molecule is O.O.O.O.c1cc(-c2ccncc2)ccn1.c1cc(-c2ccncc2)ccn1. The molecule has 0 aliphatic heterocycles. The van der Waals surface area contributed by atoms with E-state index in [0.717, 1.165) is 0 Å². The van der Waals surface area contributed by atoms with Crippen LogP contribution in [0.25, 0.3) is 22.3 Å². The number of hydrogen-bond donors (Lipinski definition) is 0. The Balaban J connectivity index is 0. The summed E-state index contributed by atoms with van der Waals surface area (Å²) < 4.78 is 0. The number of nitrogens with zero attached hydrogens (tertiary/aromatic N) is 4. The van der Waals surface area contributed by atoms with E-state index in [9.17, 15) is 0 Å².